The van der Waals surface area contributed by atoms with E-state index in [0.29, 0.717) is 6.42 Å². The molecule has 0 aromatic carbocycles. The zero-order chi connectivity index (χ0) is 23.8. The first kappa shape index (κ1) is 31.5. The minimum Gasteiger partial charge on any atom is -0.543 e. The fraction of sp³-hybridized carbons (Fsp3) is 0.955. The third kappa shape index (κ3) is 12.2. The second-order valence-electron chi connectivity index (χ2n) is 9.45. The molecule has 0 aliphatic heterocycles. The molecule has 182 valence electrons. The molecular weight excluding hydrogens is 404 g/mol. The average molecular weight is 454 g/mol. The van der Waals surface area contributed by atoms with Gasteiger partial charge in [-0.1, -0.05) is 65.2 Å². The summed E-state index contributed by atoms with van der Waals surface area (Å²) in [6.07, 6.45) is 14.6. The molecule has 0 aromatic rings. The summed E-state index contributed by atoms with van der Waals surface area (Å²) in [5.74, 6) is -1.78. The number of nitrogens with one attached hydrogen (secondary N) is 1. The zero-order valence-corrected chi connectivity index (χ0v) is 21.4. The molecule has 0 spiro atoms. The van der Waals surface area contributed by atoms with Crippen LogP contribution in [0.3, 0.4) is 0 Å². The van der Waals surface area contributed by atoms with Crippen LogP contribution in [0, 0.1) is 0 Å². The smallest absolute Gasteiger partial charge is 0.328 e. The summed E-state index contributed by atoms with van der Waals surface area (Å²) < 4.78 is 31.2. The van der Waals surface area contributed by atoms with Crippen LogP contribution in [0.25, 0.3) is 0 Å². The number of carbonyl (C=O) groups is 1. The molecule has 0 radical (unpaired) electrons. The Bertz CT molecular complexity index is 544. The van der Waals surface area contributed by atoms with Crippen molar-refractivity contribution in [3.8, 4) is 0 Å². The lowest BCUT2D eigenvalue weighted by Gasteiger charge is -2.43. The first-order chi connectivity index (χ1) is 13.8. The molecule has 0 rings (SSSR count). The van der Waals surface area contributed by atoms with E-state index in [-0.39, 0.29) is 6.42 Å². The molecule has 0 aliphatic carbocycles. The van der Waals surface area contributed by atoms with E-state index in [9.17, 15) is 18.3 Å². The quantitative estimate of drug-likeness (QED) is 0.211. The van der Waals surface area contributed by atoms with Crippen LogP contribution in [0.5, 0.6) is 0 Å². The number of likely N-dealkylation sites (N-methyl/N-ethyl adjacent to an activating group) is 1. The van der Waals surface area contributed by atoms with E-state index < -0.39 is 25.4 Å². The third-order valence-corrected chi connectivity index (χ3v) is 7.22. The number of carboxylic acids is 1. The lowest BCUT2D eigenvalue weighted by atomic mass is 10.1. The van der Waals surface area contributed by atoms with Crippen LogP contribution in [-0.2, 0) is 14.9 Å². The van der Waals surface area contributed by atoms with E-state index in [4.69, 9.17) is 4.55 Å². The van der Waals surface area contributed by atoms with Gasteiger partial charge in [-0.15, -0.1) is 0 Å². The molecule has 2 N–H and O–H groups in total. The number of carboxylic acid groups (broad SMARTS) is 1. The average Bonchev–Trinajstić information content (AvgIpc) is 2.59. The van der Waals surface area contributed by atoms with Gasteiger partial charge < -0.3 is 19.3 Å². The molecule has 1 unspecified atom stereocenters. The largest absolute Gasteiger partial charge is 0.543 e. The predicted octanol–water partition coefficient (Wildman–Crippen LogP) is 1.88. The lowest BCUT2D eigenvalue weighted by Crippen LogP contribution is -3.05. The van der Waals surface area contributed by atoms with E-state index >= 15 is 0 Å². The summed E-state index contributed by atoms with van der Waals surface area (Å²) in [6, 6.07) is 0. The van der Waals surface area contributed by atoms with E-state index in [1.807, 2.05) is 0 Å². The highest BCUT2D eigenvalue weighted by Crippen LogP contribution is 2.29. The Balaban J connectivity index is 0. The SMILES string of the molecule is CCCC(C(=O)[O-])([N+](C)(C)C)S(=O)(=O)O.CCCCCCCCCCCC[NH+](C)C. The zero-order valence-electron chi connectivity index (χ0n) is 20.6. The summed E-state index contributed by atoms with van der Waals surface area (Å²) in [7, 11) is 3.92. The van der Waals surface area contributed by atoms with Gasteiger partial charge >= 0.3 is 10.1 Å². The van der Waals surface area contributed by atoms with Crippen LogP contribution < -0.4 is 10.0 Å². The lowest BCUT2D eigenvalue weighted by molar-refractivity contribution is -0.901. The molecule has 1 atom stereocenters. The fourth-order valence-corrected chi connectivity index (χ4v) is 4.96. The number of carbonyl (C=O) groups excluding carboxylic acids is 1. The molecule has 0 amide bonds. The number of nitrogens with zero attached hydrogens (tertiary/aromatic N) is 1. The van der Waals surface area contributed by atoms with Crippen molar-refractivity contribution < 1.29 is 32.3 Å². The molecule has 0 bridgehead atoms. The number of hydrogen-bond acceptors (Lipinski definition) is 4. The summed E-state index contributed by atoms with van der Waals surface area (Å²) >= 11 is 0. The number of quaternary nitrogens is 2. The maximum absolute atomic E-state index is 11.3. The fourth-order valence-electron chi connectivity index (χ4n) is 3.60. The molecule has 0 heterocycles. The summed E-state index contributed by atoms with van der Waals surface area (Å²) in [5, 5.41) is 11.0. The van der Waals surface area contributed by atoms with Crippen LogP contribution in [0.1, 0.15) is 90.9 Å². The molecule has 0 saturated carbocycles. The Morgan fingerprint density at radius 3 is 1.50 bits per heavy atom. The topological polar surface area (TPSA) is 98.9 Å². The van der Waals surface area contributed by atoms with Gasteiger partial charge in [0, 0.05) is 6.42 Å². The Morgan fingerprint density at radius 1 is 0.867 bits per heavy atom. The van der Waals surface area contributed by atoms with Gasteiger partial charge in [-0.05, 0) is 19.3 Å². The summed E-state index contributed by atoms with van der Waals surface area (Å²) in [6.45, 7) is 5.27. The maximum Gasteiger partial charge on any atom is 0.328 e. The minimum absolute atomic E-state index is 0.197. The van der Waals surface area contributed by atoms with E-state index in [1.165, 1.54) is 91.9 Å². The molecule has 0 aromatic heterocycles. The first-order valence-corrected chi connectivity index (χ1v) is 13.0. The summed E-state index contributed by atoms with van der Waals surface area (Å²) in [5.41, 5.74) is 0. The highest BCUT2D eigenvalue weighted by molar-refractivity contribution is 7.87. The van der Waals surface area contributed by atoms with Crippen LogP contribution in [0.2, 0.25) is 0 Å². The van der Waals surface area contributed by atoms with Crippen molar-refractivity contribution in [3.63, 3.8) is 0 Å². The normalized spacial score (nSPS) is 14.2. The van der Waals surface area contributed by atoms with Gasteiger partial charge in [0.15, 0.2) is 0 Å². The Morgan fingerprint density at radius 2 is 1.27 bits per heavy atom. The van der Waals surface area contributed by atoms with Gasteiger partial charge in [-0.25, -0.2) is 0 Å². The van der Waals surface area contributed by atoms with Crippen molar-refractivity contribution in [2.45, 2.75) is 95.8 Å². The van der Waals surface area contributed by atoms with E-state index in [0.717, 1.165) is 0 Å². The van der Waals surface area contributed by atoms with Gasteiger partial charge in [0.1, 0.15) is 5.97 Å². The van der Waals surface area contributed by atoms with Gasteiger partial charge in [0.05, 0.1) is 41.8 Å². The van der Waals surface area contributed by atoms with Crippen molar-refractivity contribution in [3.05, 3.63) is 0 Å². The highest BCUT2D eigenvalue weighted by atomic mass is 32.2. The van der Waals surface area contributed by atoms with Crippen LogP contribution in [-0.4, -0.2) is 70.1 Å². The number of aliphatic carboxylic acids is 1. The Labute approximate surface area is 186 Å². The van der Waals surface area contributed by atoms with Crippen LogP contribution >= 0.6 is 0 Å². The Hall–Kier alpha value is -0.700. The van der Waals surface area contributed by atoms with E-state index in [1.54, 1.807) is 11.8 Å². The highest BCUT2D eigenvalue weighted by Gasteiger charge is 2.55. The molecule has 30 heavy (non-hydrogen) atoms. The molecular formula is C22H49N2O5S+. The second kappa shape index (κ2) is 16.0. The maximum atomic E-state index is 11.3. The van der Waals surface area contributed by atoms with Crippen molar-refractivity contribution in [2.75, 3.05) is 41.8 Å². The molecule has 7 nitrogen and oxygen atoms in total. The van der Waals surface area contributed by atoms with Crippen molar-refractivity contribution >= 4 is 16.1 Å². The van der Waals surface area contributed by atoms with Gasteiger partial charge in [0.25, 0.3) is 4.87 Å². The van der Waals surface area contributed by atoms with Gasteiger partial charge in [-0.2, -0.15) is 8.42 Å². The minimum atomic E-state index is -4.74. The monoisotopic (exact) mass is 453 g/mol. The number of unbranched alkanes of at least 4 members (excludes halogenated alkanes) is 9. The van der Waals surface area contributed by atoms with Crippen molar-refractivity contribution in [1.82, 2.24) is 0 Å². The van der Waals surface area contributed by atoms with Crippen LogP contribution in [0.4, 0.5) is 0 Å². The summed E-state index contributed by atoms with van der Waals surface area (Å²) in [4.78, 5) is 10.3. The van der Waals surface area contributed by atoms with Crippen molar-refractivity contribution in [2.24, 2.45) is 0 Å². The Kier molecular flexibility index (Phi) is 16.8. The predicted molar refractivity (Wildman–Crippen MR) is 122 cm³/mol. The van der Waals surface area contributed by atoms with Crippen molar-refractivity contribution in [1.29, 1.82) is 0 Å². The molecule has 0 aliphatic rings. The first-order valence-electron chi connectivity index (χ1n) is 11.6. The molecule has 8 heteroatoms. The number of rotatable bonds is 16. The van der Waals surface area contributed by atoms with E-state index in [2.05, 4.69) is 21.0 Å². The van der Waals surface area contributed by atoms with Gasteiger partial charge in [-0.3, -0.25) is 4.55 Å². The number of hydrogen-bond donors (Lipinski definition) is 2. The second-order valence-corrected chi connectivity index (χ2v) is 11.1. The molecule has 0 saturated heterocycles. The van der Waals surface area contributed by atoms with Gasteiger partial charge in [0.2, 0.25) is 0 Å². The third-order valence-electron chi connectivity index (χ3n) is 5.45. The van der Waals surface area contributed by atoms with Crippen LogP contribution in [0.15, 0.2) is 0 Å². The molecule has 0 fully saturated rings. The standard InChI is InChI=1S/C14H31N.C8H17NO5S/c1-4-5-6-7-8-9-10-11-12-13-14-15(2)3;1-5-6-8(7(10)11,9(2,3)4)15(12,13)14/h4-14H2,1-3H3;5-6H2,1-4H3,(H-,10,11,12,13,14)/p+1.